The first-order valence-corrected chi connectivity index (χ1v) is 12.0. The van der Waals surface area contributed by atoms with Crippen molar-refractivity contribution in [3.63, 3.8) is 0 Å². The van der Waals surface area contributed by atoms with Gasteiger partial charge < -0.3 is 0 Å². The SMILES string of the molecule is Cc1ccc2nc(-c3ccc(N4C(=O)C[C@H](N5CCc6ccccc6C5)C4=O)cc3)sc2c1. The van der Waals surface area contributed by atoms with E-state index in [9.17, 15) is 9.59 Å². The quantitative estimate of drug-likeness (QED) is 0.412. The van der Waals surface area contributed by atoms with Gasteiger partial charge in [0, 0.05) is 18.7 Å². The first-order valence-electron chi connectivity index (χ1n) is 11.2. The number of aromatic nitrogens is 1. The number of hydrogen-bond donors (Lipinski definition) is 0. The van der Waals surface area contributed by atoms with Gasteiger partial charge in [0.1, 0.15) is 5.01 Å². The van der Waals surface area contributed by atoms with Gasteiger partial charge in [-0.2, -0.15) is 0 Å². The Morgan fingerprint density at radius 2 is 1.76 bits per heavy atom. The van der Waals surface area contributed by atoms with Crippen LogP contribution in [-0.2, 0) is 22.6 Å². The number of amides is 2. The molecule has 2 aliphatic rings. The van der Waals surface area contributed by atoms with Crippen LogP contribution >= 0.6 is 11.3 Å². The highest BCUT2D eigenvalue weighted by Gasteiger charge is 2.43. The molecule has 6 heteroatoms. The third-order valence-electron chi connectivity index (χ3n) is 6.64. The standard InChI is InChI=1S/C27H23N3O2S/c1-17-6-11-22-24(14-17)33-26(28-22)19-7-9-21(10-8-19)30-25(31)15-23(27(30)32)29-13-12-18-4-2-3-5-20(18)16-29/h2-11,14,23H,12-13,15-16H2,1H3/t23-/m0/s1. The summed E-state index contributed by atoms with van der Waals surface area (Å²) in [6.07, 6.45) is 1.14. The van der Waals surface area contributed by atoms with Gasteiger partial charge in [-0.25, -0.2) is 9.88 Å². The Hall–Kier alpha value is -3.35. The van der Waals surface area contributed by atoms with E-state index in [0.29, 0.717) is 12.2 Å². The number of benzene rings is 3. The van der Waals surface area contributed by atoms with Crippen molar-refractivity contribution >= 4 is 39.1 Å². The number of aryl methyl sites for hydroxylation is 1. The predicted octanol–water partition coefficient (Wildman–Crippen LogP) is 4.96. The number of fused-ring (bicyclic) bond motifs is 2. The highest BCUT2D eigenvalue weighted by molar-refractivity contribution is 7.21. The first-order chi connectivity index (χ1) is 16.1. The van der Waals surface area contributed by atoms with Crippen molar-refractivity contribution in [2.75, 3.05) is 11.4 Å². The van der Waals surface area contributed by atoms with Gasteiger partial charge >= 0.3 is 0 Å². The topological polar surface area (TPSA) is 53.5 Å². The fourth-order valence-corrected chi connectivity index (χ4v) is 5.93. The number of hydrogen-bond acceptors (Lipinski definition) is 5. The average molecular weight is 454 g/mol. The maximum absolute atomic E-state index is 13.3. The molecule has 1 atom stereocenters. The molecule has 0 saturated carbocycles. The third-order valence-corrected chi connectivity index (χ3v) is 7.71. The van der Waals surface area contributed by atoms with E-state index < -0.39 is 6.04 Å². The molecule has 0 bridgehead atoms. The van der Waals surface area contributed by atoms with Crippen LogP contribution in [0, 0.1) is 6.92 Å². The Labute approximate surface area is 196 Å². The van der Waals surface area contributed by atoms with Crippen LogP contribution in [-0.4, -0.2) is 34.3 Å². The third kappa shape index (κ3) is 3.56. The molecule has 164 valence electrons. The second-order valence-electron chi connectivity index (χ2n) is 8.81. The van der Waals surface area contributed by atoms with E-state index in [1.54, 1.807) is 11.3 Å². The van der Waals surface area contributed by atoms with Crippen LogP contribution in [0.4, 0.5) is 5.69 Å². The Morgan fingerprint density at radius 1 is 0.970 bits per heavy atom. The molecule has 1 saturated heterocycles. The van der Waals surface area contributed by atoms with Gasteiger partial charge in [-0.3, -0.25) is 14.5 Å². The summed E-state index contributed by atoms with van der Waals surface area (Å²) in [4.78, 5) is 34.4. The number of nitrogens with zero attached hydrogens (tertiary/aromatic N) is 3. The van der Waals surface area contributed by atoms with E-state index in [1.165, 1.54) is 21.6 Å². The van der Waals surface area contributed by atoms with Gasteiger partial charge in [0.05, 0.1) is 28.4 Å². The second kappa shape index (κ2) is 7.90. The van der Waals surface area contributed by atoms with Crippen LogP contribution in [0.2, 0.25) is 0 Å². The molecule has 3 aromatic carbocycles. The van der Waals surface area contributed by atoms with E-state index in [1.807, 2.05) is 36.4 Å². The molecule has 33 heavy (non-hydrogen) atoms. The highest BCUT2D eigenvalue weighted by atomic mass is 32.1. The van der Waals surface area contributed by atoms with E-state index in [-0.39, 0.29) is 18.2 Å². The summed E-state index contributed by atoms with van der Waals surface area (Å²) in [7, 11) is 0. The maximum Gasteiger partial charge on any atom is 0.251 e. The largest absolute Gasteiger partial charge is 0.287 e. The minimum Gasteiger partial charge on any atom is -0.287 e. The number of rotatable bonds is 3. The monoisotopic (exact) mass is 453 g/mol. The molecule has 4 aromatic rings. The highest BCUT2D eigenvalue weighted by Crippen LogP contribution is 2.33. The number of imide groups is 1. The van der Waals surface area contributed by atoms with Crippen molar-refractivity contribution in [3.05, 3.63) is 83.4 Å². The molecule has 0 N–H and O–H groups in total. The van der Waals surface area contributed by atoms with Crippen molar-refractivity contribution in [1.29, 1.82) is 0 Å². The van der Waals surface area contributed by atoms with Gasteiger partial charge in [-0.1, -0.05) is 30.3 Å². The smallest absolute Gasteiger partial charge is 0.251 e. The van der Waals surface area contributed by atoms with E-state index in [2.05, 4.69) is 42.2 Å². The fourth-order valence-electron chi connectivity index (χ4n) is 4.86. The molecule has 3 heterocycles. The normalized spacial score (nSPS) is 18.8. The molecule has 1 fully saturated rings. The lowest BCUT2D eigenvalue weighted by Crippen LogP contribution is -2.44. The molecule has 6 rings (SSSR count). The van der Waals surface area contributed by atoms with Crippen molar-refractivity contribution in [3.8, 4) is 10.6 Å². The Morgan fingerprint density at radius 3 is 2.58 bits per heavy atom. The van der Waals surface area contributed by atoms with Gasteiger partial charge in [0.2, 0.25) is 5.91 Å². The van der Waals surface area contributed by atoms with E-state index in [4.69, 9.17) is 4.98 Å². The van der Waals surface area contributed by atoms with Crippen LogP contribution in [0.5, 0.6) is 0 Å². The van der Waals surface area contributed by atoms with Crippen LogP contribution in [0.15, 0.2) is 66.7 Å². The number of carbonyl (C=O) groups is 2. The van der Waals surface area contributed by atoms with Crippen LogP contribution < -0.4 is 4.90 Å². The number of carbonyl (C=O) groups excluding carboxylic acids is 2. The summed E-state index contributed by atoms with van der Waals surface area (Å²) >= 11 is 1.65. The summed E-state index contributed by atoms with van der Waals surface area (Å²) < 4.78 is 1.16. The lowest BCUT2D eigenvalue weighted by molar-refractivity contribution is -0.123. The summed E-state index contributed by atoms with van der Waals surface area (Å²) in [5.41, 5.74) is 6.40. The van der Waals surface area contributed by atoms with E-state index in [0.717, 1.165) is 33.8 Å². The van der Waals surface area contributed by atoms with Crippen molar-refractivity contribution in [1.82, 2.24) is 9.88 Å². The summed E-state index contributed by atoms with van der Waals surface area (Å²) in [6, 6.07) is 21.8. The van der Waals surface area contributed by atoms with Crippen molar-refractivity contribution in [2.45, 2.75) is 32.4 Å². The molecule has 0 spiro atoms. The number of thiazole rings is 1. The molecule has 5 nitrogen and oxygen atoms in total. The molecule has 2 amide bonds. The molecule has 0 aliphatic carbocycles. The van der Waals surface area contributed by atoms with Gasteiger partial charge in [-0.05, 0) is 66.4 Å². The minimum atomic E-state index is -0.391. The Bertz CT molecular complexity index is 1390. The summed E-state index contributed by atoms with van der Waals surface area (Å²) in [5.74, 6) is -0.255. The molecular weight excluding hydrogens is 430 g/mol. The molecule has 2 aliphatic heterocycles. The zero-order chi connectivity index (χ0) is 22.5. The van der Waals surface area contributed by atoms with Gasteiger partial charge in [0.25, 0.3) is 5.91 Å². The first kappa shape index (κ1) is 20.3. The minimum absolute atomic E-state index is 0.123. The molecule has 0 unspecified atom stereocenters. The zero-order valence-corrected chi connectivity index (χ0v) is 19.1. The van der Waals surface area contributed by atoms with Crippen LogP contribution in [0.1, 0.15) is 23.1 Å². The fraction of sp³-hybridized carbons (Fsp3) is 0.222. The maximum atomic E-state index is 13.3. The lowest BCUT2D eigenvalue weighted by atomic mass is 9.98. The van der Waals surface area contributed by atoms with Crippen molar-refractivity contribution in [2.24, 2.45) is 0 Å². The summed E-state index contributed by atoms with van der Waals surface area (Å²) in [5, 5.41) is 0.936. The molecule has 1 aromatic heterocycles. The van der Waals surface area contributed by atoms with Gasteiger partial charge in [-0.15, -0.1) is 11.3 Å². The Balaban J connectivity index is 1.23. The summed E-state index contributed by atoms with van der Waals surface area (Å²) in [6.45, 7) is 3.59. The average Bonchev–Trinajstić information content (AvgIpc) is 3.38. The Kier molecular flexibility index (Phi) is 4.85. The zero-order valence-electron chi connectivity index (χ0n) is 18.3. The molecule has 0 radical (unpaired) electrons. The van der Waals surface area contributed by atoms with Crippen LogP contribution in [0.25, 0.3) is 20.8 Å². The van der Waals surface area contributed by atoms with E-state index >= 15 is 0 Å². The molecular formula is C27H23N3O2S. The van der Waals surface area contributed by atoms with Crippen LogP contribution in [0.3, 0.4) is 0 Å². The second-order valence-corrected chi connectivity index (χ2v) is 9.84. The van der Waals surface area contributed by atoms with Gasteiger partial charge in [0.15, 0.2) is 0 Å². The predicted molar refractivity (Wildman–Crippen MR) is 131 cm³/mol. The number of anilines is 1. The lowest BCUT2D eigenvalue weighted by Gasteiger charge is -2.32. The van der Waals surface area contributed by atoms with Crippen molar-refractivity contribution < 1.29 is 9.59 Å².